The molecule has 0 atom stereocenters. The Bertz CT molecular complexity index is 978. The normalized spacial score (nSPS) is 11.8. The van der Waals surface area contributed by atoms with Crippen molar-refractivity contribution in [2.24, 2.45) is 0 Å². The highest BCUT2D eigenvalue weighted by Crippen LogP contribution is 2.31. The number of ether oxygens (including phenoxy) is 2. The average molecular weight is 432 g/mol. The van der Waals surface area contributed by atoms with Crippen LogP contribution in [-0.4, -0.2) is 35.1 Å². The molecule has 7 nitrogen and oxygen atoms in total. The molecule has 1 amide bonds. The lowest BCUT2D eigenvalue weighted by Crippen LogP contribution is -2.36. The third-order valence-corrected chi connectivity index (χ3v) is 5.25. The largest absolute Gasteiger partial charge is 0.493 e. The zero-order chi connectivity index (χ0) is 21.7. The first-order valence-corrected chi connectivity index (χ1v) is 9.70. The van der Waals surface area contributed by atoms with Crippen molar-refractivity contribution in [2.75, 3.05) is 20.8 Å². The minimum atomic E-state index is -4.68. The predicted octanol–water partition coefficient (Wildman–Crippen LogP) is 2.32. The highest BCUT2D eigenvalue weighted by atomic mass is 32.2. The number of rotatable bonds is 8. The van der Waals surface area contributed by atoms with Crippen molar-refractivity contribution in [3.05, 3.63) is 53.6 Å². The molecule has 0 saturated heterocycles. The summed E-state index contributed by atoms with van der Waals surface area (Å²) in [5, 5.41) is 2.50. The number of carbonyl (C=O) groups excluding carboxylic acids is 1. The van der Waals surface area contributed by atoms with Gasteiger partial charge in [-0.2, -0.15) is 13.2 Å². The number of hydrogen-bond acceptors (Lipinski definition) is 5. The van der Waals surface area contributed by atoms with Crippen LogP contribution < -0.4 is 19.5 Å². The maximum absolute atomic E-state index is 12.7. The van der Waals surface area contributed by atoms with E-state index < -0.39 is 39.1 Å². The smallest absolute Gasteiger partial charge is 0.416 e. The predicted molar refractivity (Wildman–Crippen MR) is 98.0 cm³/mol. The fraction of sp³-hybridized carbons (Fsp3) is 0.278. The van der Waals surface area contributed by atoms with Gasteiger partial charge in [0.1, 0.15) is 0 Å². The van der Waals surface area contributed by atoms with E-state index in [1.165, 1.54) is 14.2 Å². The van der Waals surface area contributed by atoms with Crippen molar-refractivity contribution < 1.29 is 35.9 Å². The van der Waals surface area contributed by atoms with Crippen LogP contribution in [-0.2, 0) is 27.5 Å². The fourth-order valence-corrected chi connectivity index (χ4v) is 3.46. The standard InChI is InChI=1S/C18H19F3N2O5S/c1-27-15-8-3-5-12(17(15)28-2)10-22-16(24)11-23-29(25,26)14-7-4-6-13(9-14)18(19,20)21/h3-9,23H,10-11H2,1-2H3,(H,22,24). The van der Waals surface area contributed by atoms with Crippen molar-refractivity contribution >= 4 is 15.9 Å². The Labute approximate surface area is 165 Å². The minimum Gasteiger partial charge on any atom is -0.493 e. The Hall–Kier alpha value is -2.79. The van der Waals surface area contributed by atoms with Gasteiger partial charge < -0.3 is 14.8 Å². The van der Waals surface area contributed by atoms with Gasteiger partial charge in [0.2, 0.25) is 15.9 Å². The van der Waals surface area contributed by atoms with Crippen LogP contribution in [0.3, 0.4) is 0 Å². The minimum absolute atomic E-state index is 0.0322. The molecule has 0 radical (unpaired) electrons. The Morgan fingerprint density at radius 3 is 2.38 bits per heavy atom. The summed E-state index contributed by atoms with van der Waals surface area (Å²) in [7, 11) is -1.40. The van der Waals surface area contributed by atoms with E-state index in [4.69, 9.17) is 9.47 Å². The number of halogens is 3. The van der Waals surface area contributed by atoms with E-state index in [9.17, 15) is 26.4 Å². The number of nitrogens with one attached hydrogen (secondary N) is 2. The number of benzene rings is 2. The zero-order valence-electron chi connectivity index (χ0n) is 15.5. The molecule has 0 fully saturated rings. The molecule has 2 rings (SSSR count). The quantitative estimate of drug-likeness (QED) is 0.668. The van der Waals surface area contributed by atoms with Gasteiger partial charge in [-0.15, -0.1) is 0 Å². The molecule has 0 aromatic heterocycles. The number of hydrogen-bond donors (Lipinski definition) is 2. The van der Waals surface area contributed by atoms with Crippen molar-refractivity contribution in [3.63, 3.8) is 0 Å². The molecular weight excluding hydrogens is 413 g/mol. The van der Waals surface area contributed by atoms with Crippen LogP contribution >= 0.6 is 0 Å². The summed E-state index contributed by atoms with van der Waals surface area (Å²) in [6.45, 7) is -0.616. The van der Waals surface area contributed by atoms with Crippen LogP contribution in [0.2, 0.25) is 0 Å². The van der Waals surface area contributed by atoms with Crippen molar-refractivity contribution in [2.45, 2.75) is 17.6 Å². The highest BCUT2D eigenvalue weighted by molar-refractivity contribution is 7.89. The maximum Gasteiger partial charge on any atom is 0.416 e. The van der Waals surface area contributed by atoms with Gasteiger partial charge in [-0.05, 0) is 24.3 Å². The lowest BCUT2D eigenvalue weighted by Gasteiger charge is -2.13. The Morgan fingerprint density at radius 1 is 1.07 bits per heavy atom. The van der Waals surface area contributed by atoms with Crippen LogP contribution in [0.4, 0.5) is 13.2 Å². The van der Waals surface area contributed by atoms with Crippen molar-refractivity contribution in [1.29, 1.82) is 0 Å². The molecule has 0 aliphatic heterocycles. The van der Waals surface area contributed by atoms with Gasteiger partial charge in [0, 0.05) is 12.1 Å². The molecule has 0 unspecified atom stereocenters. The molecule has 2 aromatic rings. The molecule has 11 heteroatoms. The molecule has 0 bridgehead atoms. The van der Waals surface area contributed by atoms with Gasteiger partial charge in [0.15, 0.2) is 11.5 Å². The van der Waals surface area contributed by atoms with Gasteiger partial charge in [0.25, 0.3) is 0 Å². The SMILES string of the molecule is COc1cccc(CNC(=O)CNS(=O)(=O)c2cccc(C(F)(F)F)c2)c1OC. The molecule has 29 heavy (non-hydrogen) atoms. The average Bonchev–Trinajstić information content (AvgIpc) is 2.69. The third kappa shape index (κ3) is 5.84. The molecule has 158 valence electrons. The lowest BCUT2D eigenvalue weighted by atomic mass is 10.2. The number of para-hydroxylation sites is 1. The topological polar surface area (TPSA) is 93.7 Å². The van der Waals surface area contributed by atoms with Crippen LogP contribution in [0.5, 0.6) is 11.5 Å². The Morgan fingerprint density at radius 2 is 1.76 bits per heavy atom. The van der Waals surface area contributed by atoms with E-state index in [-0.39, 0.29) is 6.54 Å². The molecule has 0 heterocycles. The van der Waals surface area contributed by atoms with Crippen LogP contribution in [0, 0.1) is 0 Å². The number of amides is 1. The summed E-state index contributed by atoms with van der Waals surface area (Å²) in [5.74, 6) is 0.203. The first-order valence-electron chi connectivity index (χ1n) is 8.22. The molecule has 0 saturated carbocycles. The molecule has 0 aliphatic carbocycles. The molecule has 0 aliphatic rings. The lowest BCUT2D eigenvalue weighted by molar-refractivity contribution is -0.137. The summed E-state index contributed by atoms with van der Waals surface area (Å²) < 4.78 is 75.0. The van der Waals surface area contributed by atoms with Crippen LogP contribution in [0.25, 0.3) is 0 Å². The first-order chi connectivity index (χ1) is 13.6. The summed E-state index contributed by atoms with van der Waals surface area (Å²) >= 11 is 0. The zero-order valence-corrected chi connectivity index (χ0v) is 16.4. The highest BCUT2D eigenvalue weighted by Gasteiger charge is 2.31. The van der Waals surface area contributed by atoms with Gasteiger partial charge in [0.05, 0.1) is 31.2 Å². The summed E-state index contributed by atoms with van der Waals surface area (Å²) in [5.41, 5.74) is -0.504. The monoisotopic (exact) mass is 432 g/mol. The van der Waals surface area contributed by atoms with E-state index >= 15 is 0 Å². The Kier molecular flexibility index (Phi) is 7.09. The van der Waals surface area contributed by atoms with E-state index in [2.05, 4.69) is 5.32 Å². The van der Waals surface area contributed by atoms with Gasteiger partial charge in [-0.1, -0.05) is 18.2 Å². The van der Waals surface area contributed by atoms with E-state index in [1.807, 2.05) is 4.72 Å². The van der Waals surface area contributed by atoms with Crippen LogP contribution in [0.15, 0.2) is 47.4 Å². The second-order valence-corrected chi connectivity index (χ2v) is 7.55. The summed E-state index contributed by atoms with van der Waals surface area (Å²) in [6.07, 6.45) is -4.68. The second kappa shape index (κ2) is 9.14. The first kappa shape index (κ1) is 22.5. The number of alkyl halides is 3. The summed E-state index contributed by atoms with van der Waals surface area (Å²) in [4.78, 5) is 11.4. The third-order valence-electron chi connectivity index (χ3n) is 3.85. The van der Waals surface area contributed by atoms with Crippen molar-refractivity contribution in [3.8, 4) is 11.5 Å². The second-order valence-electron chi connectivity index (χ2n) is 5.78. The summed E-state index contributed by atoms with van der Waals surface area (Å²) in [6, 6.07) is 8.30. The van der Waals surface area contributed by atoms with E-state index in [0.29, 0.717) is 23.1 Å². The van der Waals surface area contributed by atoms with Gasteiger partial charge >= 0.3 is 6.18 Å². The fourth-order valence-electron chi connectivity index (χ4n) is 2.43. The number of carbonyl (C=O) groups is 1. The van der Waals surface area contributed by atoms with Gasteiger partial charge in [-0.3, -0.25) is 4.79 Å². The molecule has 0 spiro atoms. The number of methoxy groups -OCH3 is 2. The van der Waals surface area contributed by atoms with E-state index in [1.54, 1.807) is 18.2 Å². The molecule has 2 N–H and O–H groups in total. The molecular formula is C18H19F3N2O5S. The van der Waals surface area contributed by atoms with E-state index in [0.717, 1.165) is 18.2 Å². The van der Waals surface area contributed by atoms with Crippen LogP contribution in [0.1, 0.15) is 11.1 Å². The number of sulfonamides is 1. The van der Waals surface area contributed by atoms with Crippen molar-refractivity contribution in [1.82, 2.24) is 10.0 Å². The molecule has 2 aromatic carbocycles. The Balaban J connectivity index is 2.01. The maximum atomic E-state index is 12.7. The van der Waals surface area contributed by atoms with Gasteiger partial charge in [-0.25, -0.2) is 13.1 Å².